The summed E-state index contributed by atoms with van der Waals surface area (Å²) in [7, 11) is 0. The molecule has 234 valence electrons. The lowest BCUT2D eigenvalue weighted by atomic mass is 9.92. The van der Waals surface area contributed by atoms with Crippen molar-refractivity contribution in [3.63, 3.8) is 0 Å². The van der Waals surface area contributed by atoms with Crippen LogP contribution in [0.25, 0.3) is 82.1 Å². The fourth-order valence-corrected chi connectivity index (χ4v) is 7.39. The number of allylic oxidation sites excluding steroid dienone is 2. The number of hydrogen-bond acceptors (Lipinski definition) is 3. The standard InChI is InChI=1S/C47H31N3/c1-3-4-13-38(35-26-24-32-12-11-28-48-45(32)30(35)2)43-27-25-34(29-49-43)31-20-22-33(23-21-31)46-42-19-10-8-17-40(42)44-39-16-7-5-14-36(39)37-15-6-9-18-41(37)47(44)50-46/h4-29H,1H2,2H3/b38-13+. The molecule has 0 fully saturated rings. The molecular formula is C47H31N3. The highest BCUT2D eigenvalue weighted by molar-refractivity contribution is 6.31. The van der Waals surface area contributed by atoms with E-state index < -0.39 is 0 Å². The molecule has 0 saturated heterocycles. The minimum absolute atomic E-state index is 0.877. The van der Waals surface area contributed by atoms with Crippen LogP contribution in [0.5, 0.6) is 0 Å². The summed E-state index contributed by atoms with van der Waals surface area (Å²) in [6.45, 7) is 5.88. The van der Waals surface area contributed by atoms with Crippen LogP contribution in [0.2, 0.25) is 0 Å². The van der Waals surface area contributed by atoms with Gasteiger partial charge in [0, 0.05) is 50.6 Å². The molecule has 3 heteroatoms. The van der Waals surface area contributed by atoms with E-state index in [1.807, 2.05) is 30.6 Å². The average Bonchev–Trinajstić information content (AvgIpc) is 3.19. The first-order chi connectivity index (χ1) is 24.7. The molecule has 50 heavy (non-hydrogen) atoms. The first-order valence-corrected chi connectivity index (χ1v) is 16.8. The largest absolute Gasteiger partial charge is 0.256 e. The minimum Gasteiger partial charge on any atom is -0.256 e. The predicted octanol–water partition coefficient (Wildman–Crippen LogP) is 12.1. The quantitative estimate of drug-likeness (QED) is 0.107. The monoisotopic (exact) mass is 637 g/mol. The highest BCUT2D eigenvalue weighted by atomic mass is 14.7. The van der Waals surface area contributed by atoms with E-state index in [0.717, 1.165) is 66.6 Å². The highest BCUT2D eigenvalue weighted by Gasteiger charge is 2.17. The van der Waals surface area contributed by atoms with Crippen molar-refractivity contribution >= 4 is 59.7 Å². The van der Waals surface area contributed by atoms with Gasteiger partial charge in [-0.25, -0.2) is 4.98 Å². The van der Waals surface area contributed by atoms with Gasteiger partial charge in [0.2, 0.25) is 0 Å². The minimum atomic E-state index is 0.877. The van der Waals surface area contributed by atoms with Crippen LogP contribution >= 0.6 is 0 Å². The fraction of sp³-hybridized carbons (Fsp3) is 0.0213. The third kappa shape index (κ3) is 4.80. The molecule has 0 aliphatic carbocycles. The molecule has 0 N–H and O–H groups in total. The molecule has 3 heterocycles. The van der Waals surface area contributed by atoms with Crippen LogP contribution in [0.4, 0.5) is 0 Å². The second kappa shape index (κ2) is 12.1. The van der Waals surface area contributed by atoms with Crippen LogP contribution in [-0.2, 0) is 0 Å². The molecule has 0 bridgehead atoms. The van der Waals surface area contributed by atoms with E-state index in [0.29, 0.717) is 0 Å². The summed E-state index contributed by atoms with van der Waals surface area (Å²) in [4.78, 5) is 15.0. The van der Waals surface area contributed by atoms with Crippen LogP contribution < -0.4 is 0 Å². The molecule has 6 aromatic carbocycles. The van der Waals surface area contributed by atoms with E-state index in [-0.39, 0.29) is 0 Å². The van der Waals surface area contributed by atoms with Gasteiger partial charge < -0.3 is 0 Å². The molecule has 3 nitrogen and oxygen atoms in total. The van der Waals surface area contributed by atoms with E-state index >= 15 is 0 Å². The van der Waals surface area contributed by atoms with Crippen LogP contribution in [-0.4, -0.2) is 15.0 Å². The van der Waals surface area contributed by atoms with Crippen LogP contribution in [0.15, 0.2) is 170 Å². The number of rotatable bonds is 5. The van der Waals surface area contributed by atoms with Crippen LogP contribution in [0, 0.1) is 6.92 Å². The fourth-order valence-electron chi connectivity index (χ4n) is 7.39. The van der Waals surface area contributed by atoms with Gasteiger partial charge in [-0.2, -0.15) is 0 Å². The maximum Gasteiger partial charge on any atom is 0.0800 e. The van der Waals surface area contributed by atoms with Crippen molar-refractivity contribution in [1.29, 1.82) is 0 Å². The number of benzene rings is 6. The van der Waals surface area contributed by atoms with Crippen LogP contribution in [0.1, 0.15) is 16.8 Å². The molecule has 0 atom stereocenters. The van der Waals surface area contributed by atoms with Gasteiger partial charge in [-0.15, -0.1) is 5.73 Å². The number of fused-ring (bicyclic) bond motifs is 9. The zero-order chi connectivity index (χ0) is 33.6. The Morgan fingerprint density at radius 3 is 1.94 bits per heavy atom. The third-order valence-corrected chi connectivity index (χ3v) is 9.80. The van der Waals surface area contributed by atoms with Crippen molar-refractivity contribution in [2.45, 2.75) is 6.92 Å². The summed E-state index contributed by atoms with van der Waals surface area (Å²) >= 11 is 0. The predicted molar refractivity (Wildman–Crippen MR) is 210 cm³/mol. The van der Waals surface area contributed by atoms with Crippen molar-refractivity contribution in [2.75, 3.05) is 0 Å². The summed E-state index contributed by atoms with van der Waals surface area (Å²) in [5.41, 5.74) is 13.2. The average molecular weight is 638 g/mol. The molecule has 0 amide bonds. The van der Waals surface area contributed by atoms with Gasteiger partial charge in [0.1, 0.15) is 0 Å². The summed E-state index contributed by atoms with van der Waals surface area (Å²) in [5, 5.41) is 9.56. The highest BCUT2D eigenvalue weighted by Crippen LogP contribution is 2.41. The van der Waals surface area contributed by atoms with Gasteiger partial charge in [-0.1, -0.05) is 128 Å². The summed E-state index contributed by atoms with van der Waals surface area (Å²) in [6, 6.07) is 47.2. The van der Waals surface area contributed by atoms with Gasteiger partial charge in [0.25, 0.3) is 0 Å². The molecular weight excluding hydrogens is 607 g/mol. The smallest absolute Gasteiger partial charge is 0.0800 e. The normalized spacial score (nSPS) is 11.8. The van der Waals surface area contributed by atoms with E-state index in [1.54, 1.807) is 0 Å². The van der Waals surface area contributed by atoms with E-state index in [9.17, 15) is 0 Å². The molecule has 0 radical (unpaired) electrons. The SMILES string of the molecule is C=C=C/C=C(/c1ccc(-c2ccc(-c3nc4c5ccccc5c5ccccc5c4c4ccccc34)cc2)cn1)c1ccc2cccnc2c1C. The van der Waals surface area contributed by atoms with Gasteiger partial charge in [-0.3, -0.25) is 9.97 Å². The maximum absolute atomic E-state index is 5.43. The third-order valence-electron chi connectivity index (χ3n) is 9.80. The van der Waals surface area contributed by atoms with Crippen LogP contribution in [0.3, 0.4) is 0 Å². The van der Waals surface area contributed by atoms with Gasteiger partial charge in [-0.05, 0) is 69.4 Å². The lowest BCUT2D eigenvalue weighted by Crippen LogP contribution is -1.96. The number of pyridine rings is 3. The molecule has 9 aromatic rings. The van der Waals surface area contributed by atoms with Crippen molar-refractivity contribution < 1.29 is 0 Å². The van der Waals surface area contributed by atoms with Crippen molar-refractivity contribution in [3.8, 4) is 22.4 Å². The Kier molecular flexibility index (Phi) is 7.13. The summed E-state index contributed by atoms with van der Waals surface area (Å²) in [5.74, 6) is 0. The number of hydrogen-bond donors (Lipinski definition) is 0. The van der Waals surface area contributed by atoms with E-state index in [1.165, 1.54) is 32.3 Å². The number of nitrogens with zero attached hydrogens (tertiary/aromatic N) is 3. The second-order valence-electron chi connectivity index (χ2n) is 12.6. The first-order valence-electron chi connectivity index (χ1n) is 16.8. The number of aryl methyl sites for hydroxylation is 1. The van der Waals surface area contributed by atoms with Gasteiger partial charge >= 0.3 is 0 Å². The molecule has 0 aliphatic rings. The van der Waals surface area contributed by atoms with E-state index in [2.05, 4.69) is 152 Å². The Labute approximate surface area is 290 Å². The Bertz CT molecular complexity index is 2860. The lowest BCUT2D eigenvalue weighted by molar-refractivity contribution is 1.26. The van der Waals surface area contributed by atoms with Gasteiger partial charge in [0.15, 0.2) is 0 Å². The molecule has 3 aromatic heterocycles. The summed E-state index contributed by atoms with van der Waals surface area (Å²) < 4.78 is 0. The Morgan fingerprint density at radius 2 is 1.22 bits per heavy atom. The Balaban J connectivity index is 1.12. The lowest BCUT2D eigenvalue weighted by Gasteiger charge is -2.15. The molecule has 0 saturated carbocycles. The topological polar surface area (TPSA) is 38.7 Å². The second-order valence-corrected chi connectivity index (χ2v) is 12.6. The van der Waals surface area contributed by atoms with Crippen molar-refractivity contribution in [3.05, 3.63) is 187 Å². The molecule has 0 unspecified atom stereocenters. The van der Waals surface area contributed by atoms with Crippen molar-refractivity contribution in [1.82, 2.24) is 15.0 Å². The number of aromatic nitrogens is 3. The van der Waals surface area contributed by atoms with Gasteiger partial charge in [0.05, 0.1) is 22.4 Å². The zero-order valence-electron chi connectivity index (χ0n) is 27.6. The van der Waals surface area contributed by atoms with E-state index in [4.69, 9.17) is 9.97 Å². The Morgan fingerprint density at radius 1 is 0.580 bits per heavy atom. The molecule has 9 rings (SSSR count). The summed E-state index contributed by atoms with van der Waals surface area (Å²) in [6.07, 6.45) is 7.65. The molecule has 0 spiro atoms. The van der Waals surface area contributed by atoms with Crippen molar-refractivity contribution in [2.24, 2.45) is 0 Å². The Hall–Kier alpha value is -6.67. The zero-order valence-corrected chi connectivity index (χ0v) is 27.6. The maximum atomic E-state index is 5.43. The first kappa shape index (κ1) is 29.5. The molecule has 0 aliphatic heterocycles.